The number of carbonyl (C=O) groups is 10. The second kappa shape index (κ2) is 35.8. The Morgan fingerprint density at radius 2 is 1.38 bits per heavy atom. The van der Waals surface area contributed by atoms with Gasteiger partial charge in [0.2, 0.25) is 53.7 Å². The minimum atomic E-state index is -2.37. The van der Waals surface area contributed by atoms with Gasteiger partial charge in [-0.3, -0.25) is 43.2 Å². The highest BCUT2D eigenvalue weighted by molar-refractivity contribution is 6.32. The molecule has 620 valence electrons. The summed E-state index contributed by atoms with van der Waals surface area (Å²) in [6, 6.07) is 5.28. The van der Waals surface area contributed by atoms with Gasteiger partial charge in [-0.15, -0.1) is 0 Å². The molecule has 0 aliphatic carbocycles. The molecule has 6 amide bonds. The first-order valence-electron chi connectivity index (χ1n) is 36.4. The summed E-state index contributed by atoms with van der Waals surface area (Å²) in [5, 5.41) is 130. The molecule has 23 atom stereocenters. The van der Waals surface area contributed by atoms with Gasteiger partial charge >= 0.3 is 0 Å². The second-order valence-electron chi connectivity index (χ2n) is 29.6. The number of carbonyl (C=O) groups excluding carboxylic acids is 10. The van der Waals surface area contributed by atoms with Crippen molar-refractivity contribution in [2.24, 2.45) is 23.3 Å². The number of aldehydes is 1. The molecule has 8 heterocycles. The van der Waals surface area contributed by atoms with E-state index in [0.29, 0.717) is 0 Å². The largest absolute Gasteiger partial charge is 0.508 e. The molecule has 8 aliphatic rings. The molecule has 5 aromatic carbocycles. The average molecular weight is 1650 g/mol. The maximum atomic E-state index is 16.5. The number of ketones is 2. The number of benzene rings is 5. The van der Waals surface area contributed by atoms with Crippen LogP contribution in [-0.2, 0) is 76.4 Å². The maximum absolute atomic E-state index is 16.5. The Bertz CT molecular complexity index is 4560. The third kappa shape index (κ3) is 18.7. The van der Waals surface area contributed by atoms with Crippen molar-refractivity contribution < 1.29 is 142 Å². The number of nitrogens with two attached hydrogens (primary N) is 2. The van der Waals surface area contributed by atoms with Gasteiger partial charge in [0.1, 0.15) is 108 Å². The molecule has 13 rings (SSSR count). The fraction of sp³-hybridized carbons (Fsp3) is 0.474. The van der Waals surface area contributed by atoms with E-state index < -0.39 is 275 Å². The molecule has 0 radical (unpaired) electrons. The first-order chi connectivity index (χ1) is 54.4. The van der Waals surface area contributed by atoms with Crippen molar-refractivity contribution >= 4 is 83.0 Å². The molecule has 0 spiro atoms. The lowest BCUT2D eigenvalue weighted by Crippen LogP contribution is -2.67. The van der Waals surface area contributed by atoms with Crippen LogP contribution in [0.4, 0.5) is 0 Å². The van der Waals surface area contributed by atoms with E-state index in [4.69, 9.17) is 77.3 Å². The number of phenols is 3. The molecular formula is C76H88Cl2N8O29. The van der Waals surface area contributed by atoms with Gasteiger partial charge in [-0.05, 0) is 110 Å². The Morgan fingerprint density at radius 1 is 0.722 bits per heavy atom. The van der Waals surface area contributed by atoms with Gasteiger partial charge in [0.15, 0.2) is 41.9 Å². The fourth-order valence-corrected chi connectivity index (χ4v) is 15.2. The van der Waals surface area contributed by atoms with E-state index in [0.717, 1.165) is 49.4 Å². The van der Waals surface area contributed by atoms with Gasteiger partial charge in [-0.1, -0.05) is 55.2 Å². The predicted molar refractivity (Wildman–Crippen MR) is 395 cm³/mol. The van der Waals surface area contributed by atoms with Crippen LogP contribution >= 0.6 is 23.2 Å². The first-order valence-corrected chi connectivity index (χ1v) is 37.2. The fourth-order valence-electron chi connectivity index (χ4n) is 14.8. The van der Waals surface area contributed by atoms with Gasteiger partial charge in [0.05, 0.1) is 46.7 Å². The summed E-state index contributed by atoms with van der Waals surface area (Å²) >= 11 is 14.5. The van der Waals surface area contributed by atoms with Crippen LogP contribution in [0.25, 0.3) is 11.1 Å². The average Bonchev–Trinajstić information content (AvgIpc) is 0.738. The third-order valence-corrected chi connectivity index (χ3v) is 21.3. The second-order valence-corrected chi connectivity index (χ2v) is 30.4. The highest BCUT2D eigenvalue weighted by Gasteiger charge is 2.54. The van der Waals surface area contributed by atoms with Crippen LogP contribution in [0.3, 0.4) is 0 Å². The Balaban J connectivity index is 1.16. The molecule has 3 fully saturated rings. The third-order valence-electron chi connectivity index (χ3n) is 20.7. The molecule has 20 N–H and O–H groups in total. The number of fused-ring (bicyclic) bond motifs is 15. The zero-order valence-electron chi connectivity index (χ0n) is 62.3. The lowest BCUT2D eigenvalue weighted by Gasteiger charge is -2.46. The smallest absolute Gasteiger partial charge is 0.295 e. The van der Waals surface area contributed by atoms with E-state index in [9.17, 15) is 75.0 Å². The molecule has 8 aliphatic heterocycles. The zero-order valence-corrected chi connectivity index (χ0v) is 63.8. The van der Waals surface area contributed by atoms with Crippen LogP contribution in [0.15, 0.2) is 78.9 Å². The number of hydrogen-bond acceptors (Lipinski definition) is 31. The lowest BCUT2D eigenvalue weighted by molar-refractivity contribution is -0.332. The van der Waals surface area contributed by atoms with Crippen LogP contribution in [0, 0.1) is 11.8 Å². The molecule has 39 heteroatoms. The molecule has 37 nitrogen and oxygen atoms in total. The van der Waals surface area contributed by atoms with E-state index in [1.54, 1.807) is 0 Å². The highest BCUT2D eigenvalue weighted by Crippen LogP contribution is 2.51. The topological polar surface area (TPSA) is 580 Å². The number of ether oxygens (including phenoxy) is 9. The minimum Gasteiger partial charge on any atom is -0.508 e. The van der Waals surface area contributed by atoms with Crippen LogP contribution in [-0.4, -0.2) is 228 Å². The molecule has 1 unspecified atom stereocenters. The zero-order chi connectivity index (χ0) is 83.7. The van der Waals surface area contributed by atoms with Crippen LogP contribution < -0.4 is 57.6 Å². The summed E-state index contributed by atoms with van der Waals surface area (Å²) in [4.78, 5) is 144. The number of halogens is 2. The normalized spacial score (nSPS) is 31.3. The van der Waals surface area contributed by atoms with Crippen molar-refractivity contribution in [3.63, 3.8) is 0 Å². The van der Waals surface area contributed by atoms with E-state index in [1.807, 2.05) is 13.8 Å². The molecule has 3 saturated heterocycles. The number of phenolic OH excluding ortho intramolecular Hbond substituents is 3. The number of rotatable bonds is 18. The van der Waals surface area contributed by atoms with Gasteiger partial charge in [0, 0.05) is 60.9 Å². The Labute approximate surface area is 665 Å². The molecule has 5 aromatic rings. The van der Waals surface area contributed by atoms with Crippen molar-refractivity contribution in [1.29, 1.82) is 0 Å². The number of likely N-dealkylation sites (N-methyl/N-ethyl adjacent to an activating group) is 1. The lowest BCUT2D eigenvalue weighted by atomic mass is 9.85. The van der Waals surface area contributed by atoms with Gasteiger partial charge < -0.3 is 142 Å². The SMILES string of the molecule is CN[C@H](CC(C)C)C(=O)N[C@H]1C(=O)C[C@@H](CC(N)=O)C(=O)N[C@H]2C(=O)C[C@H]3C(=O)NC(C(=O)N[C@@H](OC=O)c4cc(O)cc(O)c4-c4cc3ccc4O)[C@H](O[C@H]3C[C@](C)(N)[C@@H](O)[C@H](C)O3)c3ccc(c(Cl)c3)Oc3cc2cc(c3O[C@@H]2O[C@H](CO)[C@@H](O[C@@H]3O[C@H](C=O)[C@H](O)[C@H](O)[C@H]3NC(C)=O)[C@H](O)[C@H]2O)Oc2ccc(cc2Cl)[C@H]1O. The maximum Gasteiger partial charge on any atom is 0.295 e. The van der Waals surface area contributed by atoms with E-state index in [1.165, 1.54) is 57.3 Å². The molecule has 0 saturated carbocycles. The summed E-state index contributed by atoms with van der Waals surface area (Å²) in [5.74, 6) is -18.0. The summed E-state index contributed by atoms with van der Waals surface area (Å²) in [6.45, 7) is 6.40. The number of aliphatic hydroxyl groups is 7. The van der Waals surface area contributed by atoms with Crippen molar-refractivity contribution in [1.82, 2.24) is 31.9 Å². The number of nitrogens with one attached hydrogen (secondary N) is 6. The number of amides is 6. The van der Waals surface area contributed by atoms with Gasteiger partial charge in [-0.25, -0.2) is 0 Å². The van der Waals surface area contributed by atoms with Crippen LogP contribution in [0.2, 0.25) is 10.0 Å². The number of aromatic hydroxyl groups is 3. The highest BCUT2D eigenvalue weighted by atomic mass is 35.5. The number of primary amides is 1. The number of hydrogen-bond donors (Lipinski definition) is 18. The van der Waals surface area contributed by atoms with Crippen molar-refractivity contribution in [2.75, 3.05) is 13.7 Å². The predicted octanol–water partition coefficient (Wildman–Crippen LogP) is 0.303. The molecular weight excluding hydrogens is 1560 g/mol. The Morgan fingerprint density at radius 3 is 1.99 bits per heavy atom. The monoisotopic (exact) mass is 1650 g/mol. The molecule has 115 heavy (non-hydrogen) atoms. The summed E-state index contributed by atoms with van der Waals surface area (Å²) in [5.41, 5.74) is 8.83. The standard InChI is InChI=1S/C76H88Cl2N8O29/c1-28(2)13-42(81-6)71(105)84-57-45(94)17-35(20-53(79)96)69(103)83-56-34-18-49(109-47-11-8-32(60(57)97)15-40(47)77)66(114-75-64(101)63(100)67(52(26-88)112-75)115-74-58(82-30(4)90)62(99)61(98)51(25-87)111-74)50(19-34)110-48-12-9-33(16-41(48)78)65(113-54-24-76(5,80)68(102)29(3)108-54)59-72(106)86-73(107-27-89)39-21-36(91)22-44(93)55(39)38-14-31(7-10-43(38)92)37(23-46(56)95)70(104)85-59/h7-12,14-16,18-19,21-22,25,27-29,35,37,42,51-52,54,56-65,67-68,73-75,81,88,91-93,97-102H,13,17,20,23-24,26,80H2,1-6H3,(H2,79,96)(H,82,90)(H,83,103)(H,84,105)(H,85,104)(H,86,106)/t29-,35-,37+,42+,51+,52+,54-,56+,57-,58+,59?,60+,61-,62+,63+,64+,65+,67+,68-,73-,74-,75-,76-/m0/s1. The summed E-state index contributed by atoms with van der Waals surface area (Å²) < 4.78 is 56.1. The van der Waals surface area contributed by atoms with Gasteiger partial charge in [0.25, 0.3) is 6.47 Å². The number of Topliss-reactive ketones (excluding diaryl/α,β-unsaturated/α-hetero) is 2. The van der Waals surface area contributed by atoms with Crippen LogP contribution in [0.5, 0.6) is 46.0 Å². The van der Waals surface area contributed by atoms with Crippen molar-refractivity contribution in [3.05, 3.63) is 117 Å². The summed E-state index contributed by atoms with van der Waals surface area (Å²) in [7, 11) is 1.48. The first kappa shape index (κ1) is 86.1. The van der Waals surface area contributed by atoms with Crippen molar-refractivity contribution in [3.8, 4) is 57.1 Å². The minimum absolute atomic E-state index is 0.102. The Hall–Kier alpha value is -9.78. The van der Waals surface area contributed by atoms with E-state index in [-0.39, 0.29) is 64.5 Å². The van der Waals surface area contributed by atoms with Crippen LogP contribution in [0.1, 0.15) is 125 Å². The number of aliphatic hydroxyl groups excluding tert-OH is 7. The van der Waals surface area contributed by atoms with E-state index >= 15 is 24.0 Å². The van der Waals surface area contributed by atoms with Gasteiger partial charge in [-0.2, -0.15) is 0 Å². The Kier molecular flexibility index (Phi) is 26.8. The van der Waals surface area contributed by atoms with Crippen molar-refractivity contribution in [2.45, 2.75) is 201 Å². The van der Waals surface area contributed by atoms with E-state index in [2.05, 4.69) is 31.9 Å². The molecule has 0 aromatic heterocycles. The quantitative estimate of drug-likeness (QED) is 0.0525. The molecule has 11 bridgehead atoms. The summed E-state index contributed by atoms with van der Waals surface area (Å²) in [6.07, 6.45) is -31.4.